The Labute approximate surface area is 206 Å². The molecule has 2 heterocycles. The third-order valence-electron chi connectivity index (χ3n) is 5.41. The van der Waals surface area contributed by atoms with Crippen LogP contribution in [-0.4, -0.2) is 34.4 Å². The van der Waals surface area contributed by atoms with Crippen molar-refractivity contribution in [2.45, 2.75) is 34.2 Å². The van der Waals surface area contributed by atoms with E-state index in [9.17, 15) is 23.9 Å². The minimum atomic E-state index is -0.994. The van der Waals surface area contributed by atoms with Crippen molar-refractivity contribution in [1.29, 1.82) is 0 Å². The molecule has 9 heteroatoms. The molecule has 1 aliphatic heterocycles. The molecule has 0 bridgehead atoms. The molecule has 2 aromatic carbocycles. The summed E-state index contributed by atoms with van der Waals surface area (Å²) in [6, 6.07) is 11.1. The number of carbonyl (C=O) groups is 3. The number of aryl methyl sites for hydroxylation is 2. The number of halogens is 1. The smallest absolute Gasteiger partial charge is 0.350 e. The number of rotatable bonds is 5. The van der Waals surface area contributed by atoms with E-state index in [1.54, 1.807) is 26.0 Å². The highest BCUT2D eigenvalue weighted by Gasteiger charge is 2.48. The summed E-state index contributed by atoms with van der Waals surface area (Å²) in [7, 11) is 0. The van der Waals surface area contributed by atoms with Gasteiger partial charge in [0, 0.05) is 5.56 Å². The summed E-state index contributed by atoms with van der Waals surface area (Å²) in [5.74, 6) is -3.29. The molecule has 7 nitrogen and oxygen atoms in total. The average Bonchev–Trinajstić information content (AvgIpc) is 3.31. The zero-order valence-electron chi connectivity index (χ0n) is 18.7. The third-order valence-corrected chi connectivity index (χ3v) is 6.54. The van der Waals surface area contributed by atoms with Crippen LogP contribution in [0.4, 0.5) is 9.52 Å². The number of hydrogen-bond acceptors (Lipinski definition) is 7. The van der Waals surface area contributed by atoms with Crippen molar-refractivity contribution in [2.24, 2.45) is 0 Å². The van der Waals surface area contributed by atoms with Gasteiger partial charge in [-0.1, -0.05) is 48.6 Å². The number of ether oxygens (including phenoxy) is 1. The summed E-state index contributed by atoms with van der Waals surface area (Å²) in [5, 5.41) is 11.2. The minimum Gasteiger partial charge on any atom is -0.507 e. The predicted octanol–water partition coefficient (Wildman–Crippen LogP) is 5.34. The lowest BCUT2D eigenvalue weighted by molar-refractivity contribution is -0.132. The Hall–Kier alpha value is -3.85. The van der Waals surface area contributed by atoms with Gasteiger partial charge in [-0.2, -0.15) is 0 Å². The van der Waals surface area contributed by atoms with E-state index in [0.29, 0.717) is 11.3 Å². The van der Waals surface area contributed by atoms with Gasteiger partial charge in [0.05, 0.1) is 23.9 Å². The van der Waals surface area contributed by atoms with Crippen molar-refractivity contribution in [3.63, 3.8) is 0 Å². The number of thiazole rings is 1. The molecule has 0 aliphatic carbocycles. The van der Waals surface area contributed by atoms with Crippen LogP contribution in [0.5, 0.6) is 0 Å². The Kier molecular flexibility index (Phi) is 7.50. The Morgan fingerprint density at radius 1 is 1.11 bits per heavy atom. The molecule has 3 aromatic rings. The van der Waals surface area contributed by atoms with E-state index in [1.807, 2.05) is 19.1 Å². The van der Waals surface area contributed by atoms with Gasteiger partial charge in [-0.15, -0.1) is 0 Å². The predicted molar refractivity (Wildman–Crippen MR) is 132 cm³/mol. The monoisotopic (exact) mass is 496 g/mol. The van der Waals surface area contributed by atoms with Gasteiger partial charge in [0.1, 0.15) is 16.5 Å². The second-order valence-electron chi connectivity index (χ2n) is 7.72. The van der Waals surface area contributed by atoms with Gasteiger partial charge in [0.2, 0.25) is 0 Å². The number of anilines is 1. The molecule has 1 amide bonds. The fraction of sp³-hybridized carbons (Fsp3) is 0.231. The number of carbonyl (C=O) groups excluding carboxylic acids is 3. The molecule has 1 N–H and O–H groups in total. The molecule has 1 unspecified atom stereocenters. The number of hydrogen-bond donors (Lipinski definition) is 1. The Balaban J connectivity index is 0.00000342. The first-order valence-corrected chi connectivity index (χ1v) is 11.3. The number of aliphatic hydroxyl groups is 1. The van der Waals surface area contributed by atoms with Gasteiger partial charge in [-0.3, -0.25) is 14.5 Å². The summed E-state index contributed by atoms with van der Waals surface area (Å²) in [4.78, 5) is 44.4. The molecular weight excluding hydrogens is 471 g/mol. The molecule has 1 saturated heterocycles. The maximum atomic E-state index is 13.4. The van der Waals surface area contributed by atoms with Crippen LogP contribution >= 0.6 is 11.3 Å². The van der Waals surface area contributed by atoms with Gasteiger partial charge in [-0.05, 0) is 50.6 Å². The van der Waals surface area contributed by atoms with E-state index in [4.69, 9.17) is 4.74 Å². The molecule has 1 aliphatic rings. The standard InChI is InChI=1S/C25H21FN2O5S.CH4/c1-4-33-24(32)22-14(3)27-25(34-22)28-19(15-7-5-13(2)6-8-15)18(21(30)23(28)31)20(29)16-9-11-17(26)12-10-16;/h5-12,19,29H,4H2,1-3H3;1H4. The molecule has 0 saturated carbocycles. The highest BCUT2D eigenvalue weighted by molar-refractivity contribution is 7.17. The molecule has 4 rings (SSSR count). The van der Waals surface area contributed by atoms with E-state index in [0.717, 1.165) is 29.0 Å². The number of aliphatic hydroxyl groups excluding tert-OH is 1. The number of ketones is 1. The maximum absolute atomic E-state index is 13.4. The number of nitrogens with zero attached hydrogens (tertiary/aromatic N) is 2. The van der Waals surface area contributed by atoms with Gasteiger partial charge in [-0.25, -0.2) is 14.2 Å². The van der Waals surface area contributed by atoms with Gasteiger partial charge < -0.3 is 9.84 Å². The molecule has 182 valence electrons. The van der Waals surface area contributed by atoms with Crippen molar-refractivity contribution >= 4 is 39.9 Å². The van der Waals surface area contributed by atoms with Gasteiger partial charge in [0.25, 0.3) is 5.78 Å². The van der Waals surface area contributed by atoms with Crippen LogP contribution in [0.25, 0.3) is 5.76 Å². The third kappa shape index (κ3) is 4.72. The lowest BCUT2D eigenvalue weighted by Gasteiger charge is -2.23. The van der Waals surface area contributed by atoms with Crippen LogP contribution in [0.15, 0.2) is 54.1 Å². The van der Waals surface area contributed by atoms with Gasteiger partial charge >= 0.3 is 11.9 Å². The Bertz CT molecular complexity index is 1310. The zero-order chi connectivity index (χ0) is 24.6. The van der Waals surface area contributed by atoms with Crippen molar-refractivity contribution in [2.75, 3.05) is 11.5 Å². The Morgan fingerprint density at radius 3 is 2.34 bits per heavy atom. The molecule has 0 radical (unpaired) electrons. The number of Topliss-reactive ketones (excluding diaryl/α,β-unsaturated/α-hetero) is 1. The molecule has 0 spiro atoms. The molecule has 1 atom stereocenters. The number of amides is 1. The summed E-state index contributed by atoms with van der Waals surface area (Å²) >= 11 is 0.937. The summed E-state index contributed by atoms with van der Waals surface area (Å²) in [5.41, 5.74) is 1.94. The lowest BCUT2D eigenvalue weighted by Crippen LogP contribution is -2.29. The quantitative estimate of drug-likeness (QED) is 0.222. The van der Waals surface area contributed by atoms with Crippen LogP contribution in [-0.2, 0) is 14.3 Å². The minimum absolute atomic E-state index is 0. The van der Waals surface area contributed by atoms with E-state index in [2.05, 4.69) is 4.98 Å². The first-order chi connectivity index (χ1) is 16.2. The van der Waals surface area contributed by atoms with Crippen molar-refractivity contribution < 1.29 is 28.6 Å². The fourth-order valence-corrected chi connectivity index (χ4v) is 4.72. The number of benzene rings is 2. The van der Waals surface area contributed by atoms with E-state index < -0.39 is 35.3 Å². The van der Waals surface area contributed by atoms with Crippen molar-refractivity contribution in [1.82, 2.24) is 4.98 Å². The van der Waals surface area contributed by atoms with E-state index in [1.165, 1.54) is 17.0 Å². The van der Waals surface area contributed by atoms with E-state index >= 15 is 0 Å². The summed E-state index contributed by atoms with van der Waals surface area (Å²) < 4.78 is 18.5. The highest BCUT2D eigenvalue weighted by atomic mass is 32.1. The molecular formula is C26H25FN2O5S. The largest absolute Gasteiger partial charge is 0.507 e. The van der Waals surface area contributed by atoms with Crippen LogP contribution in [0.3, 0.4) is 0 Å². The number of aromatic nitrogens is 1. The topological polar surface area (TPSA) is 96.8 Å². The average molecular weight is 497 g/mol. The molecule has 1 aromatic heterocycles. The van der Waals surface area contributed by atoms with Crippen LogP contribution in [0, 0.1) is 19.7 Å². The van der Waals surface area contributed by atoms with Crippen LogP contribution in [0.2, 0.25) is 0 Å². The second kappa shape index (κ2) is 10.2. The fourth-order valence-electron chi connectivity index (χ4n) is 3.73. The SMILES string of the molecule is C.CCOC(=O)c1sc(N2C(=O)C(=O)C(=C(O)c3ccc(F)cc3)C2c2ccc(C)cc2)nc1C. The highest BCUT2D eigenvalue weighted by Crippen LogP contribution is 2.44. The first kappa shape index (κ1) is 25.8. The summed E-state index contributed by atoms with van der Waals surface area (Å²) in [6.07, 6.45) is 0. The zero-order valence-corrected chi connectivity index (χ0v) is 19.5. The van der Waals surface area contributed by atoms with E-state index in [-0.39, 0.29) is 35.2 Å². The molecule has 1 fully saturated rings. The maximum Gasteiger partial charge on any atom is 0.350 e. The normalized spacial score (nSPS) is 16.8. The molecule has 35 heavy (non-hydrogen) atoms. The van der Waals surface area contributed by atoms with Crippen LogP contribution in [0.1, 0.15) is 52.4 Å². The van der Waals surface area contributed by atoms with Crippen molar-refractivity contribution in [3.05, 3.63) is 87.2 Å². The van der Waals surface area contributed by atoms with Crippen molar-refractivity contribution in [3.8, 4) is 0 Å². The first-order valence-electron chi connectivity index (χ1n) is 10.5. The number of esters is 1. The Morgan fingerprint density at radius 2 is 1.74 bits per heavy atom. The van der Waals surface area contributed by atoms with Crippen LogP contribution < -0.4 is 4.90 Å². The summed E-state index contributed by atoms with van der Waals surface area (Å²) in [6.45, 7) is 5.37. The lowest BCUT2D eigenvalue weighted by atomic mass is 9.95. The second-order valence-corrected chi connectivity index (χ2v) is 8.70. The van der Waals surface area contributed by atoms with Gasteiger partial charge in [0.15, 0.2) is 5.13 Å².